The van der Waals surface area contributed by atoms with Gasteiger partial charge in [0.2, 0.25) is 0 Å². The van der Waals surface area contributed by atoms with Gasteiger partial charge in [0.25, 0.3) is 0 Å². The monoisotopic (exact) mass is 646 g/mol. The van der Waals surface area contributed by atoms with Crippen LogP contribution in [0.4, 0.5) is 23.2 Å². The molecule has 2 fully saturated rings. The van der Waals surface area contributed by atoms with Crippen molar-refractivity contribution < 1.29 is 22.7 Å². The van der Waals surface area contributed by atoms with Crippen LogP contribution in [0.1, 0.15) is 29.7 Å². The number of aliphatic hydroxyl groups excluding tert-OH is 1. The Labute approximate surface area is 266 Å². The van der Waals surface area contributed by atoms with Gasteiger partial charge in [0.05, 0.1) is 23.9 Å². The van der Waals surface area contributed by atoms with Crippen LogP contribution in [0.2, 0.25) is 0 Å². The van der Waals surface area contributed by atoms with E-state index in [-0.39, 0.29) is 4.90 Å². The molecule has 2 saturated heterocycles. The normalized spacial score (nSPS) is 19.5. The Morgan fingerprint density at radius 1 is 0.956 bits per heavy atom. The van der Waals surface area contributed by atoms with E-state index in [1.165, 1.54) is 23.5 Å². The second kappa shape index (κ2) is 14.4. The summed E-state index contributed by atoms with van der Waals surface area (Å²) in [5.74, 6) is 0.489. The van der Waals surface area contributed by atoms with Gasteiger partial charge >= 0.3 is 6.18 Å². The smallest absolute Gasteiger partial charge is 0.390 e. The number of alkyl halides is 4. The van der Waals surface area contributed by atoms with Crippen LogP contribution in [0.15, 0.2) is 53.4 Å². The Morgan fingerprint density at radius 2 is 1.71 bits per heavy atom. The van der Waals surface area contributed by atoms with Crippen LogP contribution >= 0.6 is 11.8 Å². The molecule has 3 aliphatic rings. The molecule has 0 radical (unpaired) electrons. The first-order chi connectivity index (χ1) is 21.7. The molecule has 0 saturated carbocycles. The summed E-state index contributed by atoms with van der Waals surface area (Å²) in [6.45, 7) is 7.64. The highest BCUT2D eigenvalue weighted by Crippen LogP contribution is 2.40. The lowest BCUT2D eigenvalue weighted by molar-refractivity contribution is -0.139. The standard InChI is InChI=1S/C33H42F4N6OS/c34-25-9-12-40(13-10-25)18-19-45-31-20-24(6-7-29(31)33(35,36)37)32-28-21-38-11-8-30(28)43(39-32)23-27(44)22-41-14-16-42(17-15-41)26-4-2-1-3-5-26/h1-7,20,25,27,38,44H,8-19,21-23H2. The van der Waals surface area contributed by atoms with E-state index >= 15 is 0 Å². The maximum Gasteiger partial charge on any atom is 0.417 e. The summed E-state index contributed by atoms with van der Waals surface area (Å²) < 4.78 is 57.4. The molecule has 45 heavy (non-hydrogen) atoms. The minimum absolute atomic E-state index is 0.183. The zero-order valence-corrected chi connectivity index (χ0v) is 26.3. The summed E-state index contributed by atoms with van der Waals surface area (Å²) in [7, 11) is 0. The topological polar surface area (TPSA) is 59.8 Å². The highest BCUT2D eigenvalue weighted by molar-refractivity contribution is 7.99. The molecule has 0 spiro atoms. The number of nitrogens with one attached hydrogen (secondary N) is 1. The van der Waals surface area contributed by atoms with E-state index in [2.05, 4.69) is 32.1 Å². The lowest BCUT2D eigenvalue weighted by Gasteiger charge is -2.37. The molecule has 1 aromatic heterocycles. The number of aliphatic hydroxyl groups is 1. The third kappa shape index (κ3) is 8.02. The Kier molecular flexibility index (Phi) is 10.4. The number of likely N-dealkylation sites (tertiary alicyclic amines) is 1. The van der Waals surface area contributed by atoms with E-state index in [9.17, 15) is 22.7 Å². The number of halogens is 4. The molecule has 1 unspecified atom stereocenters. The van der Waals surface area contributed by atoms with Gasteiger partial charge in [-0.25, -0.2) is 4.39 Å². The Balaban J connectivity index is 1.14. The number of aromatic nitrogens is 2. The summed E-state index contributed by atoms with van der Waals surface area (Å²) >= 11 is 1.20. The van der Waals surface area contributed by atoms with Crippen molar-refractivity contribution in [2.24, 2.45) is 0 Å². The van der Waals surface area contributed by atoms with Crippen LogP contribution in [-0.2, 0) is 25.7 Å². The molecular formula is C33H42F4N6OS. The molecule has 0 bridgehead atoms. The number of nitrogens with zero attached hydrogens (tertiary/aromatic N) is 5. The first-order valence-electron chi connectivity index (χ1n) is 15.9. The van der Waals surface area contributed by atoms with Crippen molar-refractivity contribution in [3.8, 4) is 11.3 Å². The number of piperidine rings is 1. The quantitative estimate of drug-likeness (QED) is 0.240. The second-order valence-corrected chi connectivity index (χ2v) is 13.4. The number of hydrogen-bond donors (Lipinski definition) is 2. The molecule has 0 amide bonds. The number of thioether (sulfide) groups is 1. The first kappa shape index (κ1) is 32.3. The molecule has 3 aliphatic heterocycles. The van der Waals surface area contributed by atoms with Gasteiger partial charge in [-0.1, -0.05) is 24.3 Å². The van der Waals surface area contributed by atoms with Crippen molar-refractivity contribution in [3.63, 3.8) is 0 Å². The van der Waals surface area contributed by atoms with Gasteiger partial charge in [0.1, 0.15) is 6.17 Å². The Bertz CT molecular complexity index is 1400. The first-order valence-corrected chi connectivity index (χ1v) is 16.9. The largest absolute Gasteiger partial charge is 0.417 e. The molecule has 2 N–H and O–H groups in total. The maximum absolute atomic E-state index is 14.0. The van der Waals surface area contributed by atoms with Crippen molar-refractivity contribution in [2.75, 3.05) is 69.6 Å². The number of para-hydroxylation sites is 1. The van der Waals surface area contributed by atoms with Crippen molar-refractivity contribution in [3.05, 3.63) is 65.4 Å². The molecule has 1 atom stereocenters. The fraction of sp³-hybridized carbons (Fsp3) is 0.545. The predicted molar refractivity (Wildman–Crippen MR) is 170 cm³/mol. The molecule has 2 aromatic carbocycles. The van der Waals surface area contributed by atoms with Gasteiger partial charge in [-0.05, 0) is 37.1 Å². The molecule has 12 heteroatoms. The molecule has 4 heterocycles. The lowest BCUT2D eigenvalue weighted by atomic mass is 10.0. The van der Waals surface area contributed by atoms with Crippen LogP contribution in [-0.4, -0.2) is 102 Å². The van der Waals surface area contributed by atoms with E-state index in [0.717, 1.165) is 56.5 Å². The van der Waals surface area contributed by atoms with E-state index in [4.69, 9.17) is 5.10 Å². The zero-order valence-electron chi connectivity index (χ0n) is 25.5. The van der Waals surface area contributed by atoms with Gasteiger partial charge in [-0.3, -0.25) is 9.58 Å². The lowest BCUT2D eigenvalue weighted by Crippen LogP contribution is -2.49. The minimum Gasteiger partial charge on any atom is -0.390 e. The zero-order chi connectivity index (χ0) is 31.4. The maximum atomic E-state index is 14.0. The fourth-order valence-electron chi connectivity index (χ4n) is 6.62. The highest BCUT2D eigenvalue weighted by atomic mass is 32.2. The van der Waals surface area contributed by atoms with E-state index in [1.54, 1.807) is 6.07 Å². The number of hydrogen-bond acceptors (Lipinski definition) is 7. The highest BCUT2D eigenvalue weighted by Gasteiger charge is 2.34. The van der Waals surface area contributed by atoms with Gasteiger partial charge in [-0.15, -0.1) is 11.8 Å². The van der Waals surface area contributed by atoms with Crippen molar-refractivity contribution in [2.45, 2.75) is 55.7 Å². The van der Waals surface area contributed by atoms with Crippen molar-refractivity contribution in [1.29, 1.82) is 0 Å². The van der Waals surface area contributed by atoms with Crippen LogP contribution in [0, 0.1) is 0 Å². The summed E-state index contributed by atoms with van der Waals surface area (Å²) in [6.07, 6.45) is -4.17. The van der Waals surface area contributed by atoms with E-state index in [1.807, 2.05) is 22.9 Å². The summed E-state index contributed by atoms with van der Waals surface area (Å²) in [4.78, 5) is 6.94. The predicted octanol–water partition coefficient (Wildman–Crippen LogP) is 4.92. The van der Waals surface area contributed by atoms with E-state index < -0.39 is 24.0 Å². The van der Waals surface area contributed by atoms with Crippen molar-refractivity contribution >= 4 is 17.4 Å². The number of piperazine rings is 1. The minimum atomic E-state index is -4.47. The average Bonchev–Trinajstić information content (AvgIpc) is 3.40. The fourth-order valence-corrected chi connectivity index (χ4v) is 7.74. The molecule has 3 aromatic rings. The van der Waals surface area contributed by atoms with E-state index in [0.29, 0.717) is 69.1 Å². The summed E-state index contributed by atoms with van der Waals surface area (Å²) in [5.41, 5.74) is 3.89. The SMILES string of the molecule is OC(CN1CCN(c2ccccc2)CC1)Cn1nc(-c2ccc(C(F)(F)F)c(SCCN3CCC(F)CC3)c2)c2c1CCNC2. The molecule has 0 aliphatic carbocycles. The van der Waals surface area contributed by atoms with Gasteiger partial charge in [-0.2, -0.15) is 18.3 Å². The average molecular weight is 647 g/mol. The van der Waals surface area contributed by atoms with Crippen LogP contribution in [0.5, 0.6) is 0 Å². The second-order valence-electron chi connectivity index (χ2n) is 12.2. The third-order valence-corrected chi connectivity index (χ3v) is 10.1. The number of β-amino-alcohol motifs (C(OH)–C–C–N with tert-alkyl or cyclic N) is 1. The Morgan fingerprint density at radius 3 is 2.44 bits per heavy atom. The molecular weight excluding hydrogens is 604 g/mol. The number of benzene rings is 2. The third-order valence-electron chi connectivity index (χ3n) is 9.10. The van der Waals surface area contributed by atoms with Crippen molar-refractivity contribution in [1.82, 2.24) is 24.9 Å². The molecule has 244 valence electrons. The summed E-state index contributed by atoms with van der Waals surface area (Å²) in [6, 6.07) is 14.6. The van der Waals surface area contributed by atoms with Gasteiger partial charge in [0, 0.05) is 105 Å². The number of rotatable bonds is 10. The molecule has 7 nitrogen and oxygen atoms in total. The van der Waals surface area contributed by atoms with Crippen LogP contribution < -0.4 is 10.2 Å². The van der Waals surface area contributed by atoms with Gasteiger partial charge in [0.15, 0.2) is 0 Å². The Hall–Kier alpha value is -2.64. The van der Waals surface area contributed by atoms with Crippen LogP contribution in [0.25, 0.3) is 11.3 Å². The number of anilines is 1. The van der Waals surface area contributed by atoms with Crippen LogP contribution in [0.3, 0.4) is 0 Å². The molecule has 6 rings (SSSR count). The van der Waals surface area contributed by atoms with Gasteiger partial charge < -0.3 is 20.2 Å². The number of fused-ring (bicyclic) bond motifs is 1. The summed E-state index contributed by atoms with van der Waals surface area (Å²) in [5, 5.41) is 19.4.